The van der Waals surface area contributed by atoms with Gasteiger partial charge < -0.3 is 9.47 Å². The van der Waals surface area contributed by atoms with Gasteiger partial charge in [-0.1, -0.05) is 52.4 Å². The molecule has 0 spiro atoms. The van der Waals surface area contributed by atoms with Crippen molar-refractivity contribution in [3.8, 4) is 0 Å². The molecule has 0 rings (SSSR count). The highest BCUT2D eigenvalue weighted by molar-refractivity contribution is 5.74. The molecule has 18 heavy (non-hydrogen) atoms. The lowest BCUT2D eigenvalue weighted by molar-refractivity contribution is -0.158. The molecular weight excluding hydrogens is 228 g/mol. The highest BCUT2D eigenvalue weighted by Gasteiger charge is 2.21. The number of carbonyl (C=O) groups excluding carboxylic acids is 1. The maximum atomic E-state index is 11.6. The molecule has 3 nitrogen and oxygen atoms in total. The first-order chi connectivity index (χ1) is 8.65. The largest absolute Gasteiger partial charge is 0.467 e. The van der Waals surface area contributed by atoms with E-state index in [4.69, 9.17) is 9.47 Å². The first kappa shape index (κ1) is 17.4. The van der Waals surface area contributed by atoms with Crippen LogP contribution in [0.25, 0.3) is 0 Å². The maximum Gasteiger partial charge on any atom is 0.334 e. The van der Waals surface area contributed by atoms with E-state index in [-0.39, 0.29) is 18.2 Å². The monoisotopic (exact) mass is 258 g/mol. The van der Waals surface area contributed by atoms with Gasteiger partial charge in [-0.3, -0.25) is 0 Å². The summed E-state index contributed by atoms with van der Waals surface area (Å²) in [5.41, 5.74) is 0. The van der Waals surface area contributed by atoms with Crippen LogP contribution in [-0.2, 0) is 14.3 Å². The third-order valence-corrected chi connectivity index (χ3v) is 3.14. The molecule has 0 bridgehead atoms. The van der Waals surface area contributed by atoms with E-state index in [2.05, 4.69) is 13.8 Å². The minimum Gasteiger partial charge on any atom is -0.467 e. The second-order valence-corrected chi connectivity index (χ2v) is 4.95. The summed E-state index contributed by atoms with van der Waals surface area (Å²) in [4.78, 5) is 11.6. The van der Waals surface area contributed by atoms with Crippen molar-refractivity contribution in [1.82, 2.24) is 0 Å². The molecule has 0 heterocycles. The number of unbranched alkanes of at least 4 members (excludes halogenated alkanes) is 4. The molecule has 0 N–H and O–H groups in total. The average Bonchev–Trinajstić information content (AvgIpc) is 2.38. The summed E-state index contributed by atoms with van der Waals surface area (Å²) in [5.74, 6) is -0.233. The van der Waals surface area contributed by atoms with Crippen molar-refractivity contribution in [2.75, 3.05) is 7.11 Å². The molecule has 2 atom stereocenters. The van der Waals surface area contributed by atoms with E-state index in [9.17, 15) is 4.79 Å². The summed E-state index contributed by atoms with van der Waals surface area (Å²) in [7, 11) is 1.43. The molecule has 0 aliphatic carbocycles. The van der Waals surface area contributed by atoms with E-state index in [1.807, 2.05) is 6.92 Å². The van der Waals surface area contributed by atoms with E-state index in [1.54, 1.807) is 0 Å². The fraction of sp³-hybridized carbons (Fsp3) is 0.933. The lowest BCUT2D eigenvalue weighted by atomic mass is 10.1. The Balaban J connectivity index is 3.93. The van der Waals surface area contributed by atoms with Crippen molar-refractivity contribution in [3.63, 3.8) is 0 Å². The van der Waals surface area contributed by atoms with Gasteiger partial charge in [0.2, 0.25) is 0 Å². The Bertz CT molecular complexity index is 204. The summed E-state index contributed by atoms with van der Waals surface area (Å²) in [6, 6.07) is 0. The maximum absolute atomic E-state index is 11.6. The van der Waals surface area contributed by atoms with Crippen molar-refractivity contribution >= 4 is 5.97 Å². The molecule has 3 heteroatoms. The average molecular weight is 258 g/mol. The van der Waals surface area contributed by atoms with Gasteiger partial charge >= 0.3 is 5.97 Å². The molecule has 0 amide bonds. The molecule has 2 unspecified atom stereocenters. The van der Waals surface area contributed by atoms with Crippen molar-refractivity contribution < 1.29 is 14.3 Å². The molecule has 0 saturated carbocycles. The van der Waals surface area contributed by atoms with Crippen LogP contribution >= 0.6 is 0 Å². The topological polar surface area (TPSA) is 35.5 Å². The van der Waals surface area contributed by atoms with Crippen LogP contribution in [0.1, 0.15) is 72.1 Å². The molecule has 0 aliphatic rings. The molecule has 0 radical (unpaired) electrons. The van der Waals surface area contributed by atoms with Gasteiger partial charge in [-0.05, 0) is 19.8 Å². The zero-order valence-electron chi connectivity index (χ0n) is 12.5. The highest BCUT2D eigenvalue weighted by atomic mass is 16.6. The lowest BCUT2D eigenvalue weighted by Gasteiger charge is -2.20. The molecule has 0 fully saturated rings. The Hall–Kier alpha value is -0.570. The first-order valence-corrected chi connectivity index (χ1v) is 7.38. The van der Waals surface area contributed by atoms with Gasteiger partial charge in [-0.15, -0.1) is 0 Å². The summed E-state index contributed by atoms with van der Waals surface area (Å²) in [6.45, 7) is 6.37. The van der Waals surface area contributed by atoms with E-state index < -0.39 is 0 Å². The normalized spacial score (nSPS) is 14.2. The Morgan fingerprint density at radius 3 is 2.22 bits per heavy atom. The van der Waals surface area contributed by atoms with Gasteiger partial charge in [0.25, 0.3) is 0 Å². The third-order valence-electron chi connectivity index (χ3n) is 3.14. The minimum atomic E-state index is -0.379. The van der Waals surface area contributed by atoms with Crippen LogP contribution in [0, 0.1) is 0 Å². The second kappa shape index (κ2) is 11.5. The van der Waals surface area contributed by atoms with Crippen LogP contribution < -0.4 is 0 Å². The van der Waals surface area contributed by atoms with Crippen LogP contribution in [-0.4, -0.2) is 25.3 Å². The molecule has 0 saturated heterocycles. The van der Waals surface area contributed by atoms with Crippen LogP contribution in [0.3, 0.4) is 0 Å². The predicted molar refractivity (Wildman–Crippen MR) is 74.6 cm³/mol. The van der Waals surface area contributed by atoms with Crippen LogP contribution in [0.2, 0.25) is 0 Å². The van der Waals surface area contributed by atoms with E-state index in [1.165, 1.54) is 32.8 Å². The van der Waals surface area contributed by atoms with Gasteiger partial charge in [0.15, 0.2) is 6.10 Å². The molecule has 0 aromatic carbocycles. The molecule has 0 aromatic rings. The fourth-order valence-corrected chi connectivity index (χ4v) is 1.97. The number of carbonyl (C=O) groups is 1. The molecular formula is C15H30O3. The Kier molecular flexibility index (Phi) is 11.2. The smallest absolute Gasteiger partial charge is 0.334 e. The van der Waals surface area contributed by atoms with E-state index >= 15 is 0 Å². The summed E-state index contributed by atoms with van der Waals surface area (Å²) in [5, 5.41) is 0. The van der Waals surface area contributed by atoms with Gasteiger partial charge in [-0.2, -0.15) is 0 Å². The minimum absolute atomic E-state index is 0.141. The fourth-order valence-electron chi connectivity index (χ4n) is 1.97. The highest BCUT2D eigenvalue weighted by Crippen LogP contribution is 2.14. The van der Waals surface area contributed by atoms with Crippen molar-refractivity contribution in [1.29, 1.82) is 0 Å². The second-order valence-electron chi connectivity index (χ2n) is 4.95. The number of ether oxygens (including phenoxy) is 2. The lowest BCUT2D eigenvalue weighted by Crippen LogP contribution is -2.29. The molecule has 0 aromatic heterocycles. The summed E-state index contributed by atoms with van der Waals surface area (Å²) >= 11 is 0. The Labute approximate surface area is 112 Å². The quantitative estimate of drug-likeness (QED) is 0.413. The molecule has 0 aliphatic heterocycles. The van der Waals surface area contributed by atoms with Crippen molar-refractivity contribution in [2.45, 2.75) is 84.3 Å². The third kappa shape index (κ3) is 8.51. The van der Waals surface area contributed by atoms with Gasteiger partial charge in [0.05, 0.1) is 13.2 Å². The number of rotatable bonds is 11. The SMILES string of the molecule is CCCCCCC(C)OC(CCCC)C(=O)OC. The standard InChI is InChI=1S/C15H30O3/c1-5-7-9-10-11-13(3)18-14(12-8-6-2)15(16)17-4/h13-14H,5-12H2,1-4H3. The van der Waals surface area contributed by atoms with Gasteiger partial charge in [-0.25, -0.2) is 4.79 Å². The zero-order chi connectivity index (χ0) is 13.8. The van der Waals surface area contributed by atoms with Crippen LogP contribution in [0.4, 0.5) is 0 Å². The van der Waals surface area contributed by atoms with Crippen molar-refractivity contribution in [3.05, 3.63) is 0 Å². The van der Waals surface area contributed by atoms with E-state index in [0.717, 1.165) is 25.7 Å². The van der Waals surface area contributed by atoms with Crippen molar-refractivity contribution in [2.24, 2.45) is 0 Å². The zero-order valence-corrected chi connectivity index (χ0v) is 12.5. The number of hydrogen-bond donors (Lipinski definition) is 0. The summed E-state index contributed by atoms with van der Waals surface area (Å²) < 4.78 is 10.6. The van der Waals surface area contributed by atoms with E-state index in [0.29, 0.717) is 0 Å². The number of hydrogen-bond acceptors (Lipinski definition) is 3. The summed E-state index contributed by atoms with van der Waals surface area (Å²) in [6.07, 6.45) is 8.59. The molecule has 108 valence electrons. The number of methoxy groups -OCH3 is 1. The van der Waals surface area contributed by atoms with Gasteiger partial charge in [0.1, 0.15) is 0 Å². The van der Waals surface area contributed by atoms with Crippen LogP contribution in [0.5, 0.6) is 0 Å². The first-order valence-electron chi connectivity index (χ1n) is 7.38. The van der Waals surface area contributed by atoms with Crippen LogP contribution in [0.15, 0.2) is 0 Å². The Morgan fingerprint density at radius 2 is 1.67 bits per heavy atom. The Morgan fingerprint density at radius 1 is 1.00 bits per heavy atom. The number of esters is 1. The predicted octanol–water partition coefficient (Wildman–Crippen LogP) is 4.09. The van der Waals surface area contributed by atoms with Gasteiger partial charge in [0, 0.05) is 0 Å².